The van der Waals surface area contributed by atoms with Gasteiger partial charge in [-0.25, -0.2) is 0 Å². The molecule has 1 fully saturated rings. The van der Waals surface area contributed by atoms with E-state index in [1.807, 2.05) is 6.08 Å². The van der Waals surface area contributed by atoms with Crippen molar-refractivity contribution in [2.75, 3.05) is 13.2 Å². The zero-order valence-corrected chi connectivity index (χ0v) is 46.0. The fourth-order valence-corrected chi connectivity index (χ4v) is 9.94. The van der Waals surface area contributed by atoms with Crippen molar-refractivity contribution < 1.29 is 39.8 Å². The molecule has 6 N–H and O–H groups in total. The molecule has 0 aliphatic carbocycles. The van der Waals surface area contributed by atoms with Gasteiger partial charge in [0.25, 0.3) is 0 Å². The van der Waals surface area contributed by atoms with Crippen molar-refractivity contribution in [1.82, 2.24) is 5.32 Å². The molecule has 414 valence electrons. The number of carbonyl (C=O) groups is 1. The second kappa shape index (κ2) is 51.2. The number of aliphatic hydroxyl groups is 5. The van der Waals surface area contributed by atoms with Crippen LogP contribution in [0.5, 0.6) is 0 Å². The Balaban J connectivity index is 2.13. The van der Waals surface area contributed by atoms with Gasteiger partial charge in [0, 0.05) is 6.42 Å². The quantitative estimate of drug-likeness (QED) is 0.0261. The molecule has 0 bridgehead atoms. The van der Waals surface area contributed by atoms with E-state index in [0.717, 1.165) is 38.5 Å². The summed E-state index contributed by atoms with van der Waals surface area (Å²) < 4.78 is 11.3. The lowest BCUT2D eigenvalue weighted by Gasteiger charge is -2.40. The summed E-state index contributed by atoms with van der Waals surface area (Å²) in [4.78, 5) is 13.1. The highest BCUT2D eigenvalue weighted by Crippen LogP contribution is 2.23. The summed E-state index contributed by atoms with van der Waals surface area (Å²) in [5.74, 6) is -0.180. The van der Waals surface area contributed by atoms with Gasteiger partial charge in [-0.2, -0.15) is 0 Å². The molecule has 0 aromatic heterocycles. The zero-order chi connectivity index (χ0) is 50.8. The number of allylic oxidation sites excluding steroid dienone is 3. The molecule has 1 rings (SSSR count). The van der Waals surface area contributed by atoms with Gasteiger partial charge in [-0.05, 0) is 32.1 Å². The molecule has 1 amide bonds. The monoisotopic (exact) mass is 992 g/mol. The first-order valence-electron chi connectivity index (χ1n) is 30.6. The number of rotatable bonds is 53. The van der Waals surface area contributed by atoms with E-state index in [1.54, 1.807) is 6.08 Å². The lowest BCUT2D eigenvalue weighted by Crippen LogP contribution is -2.60. The molecule has 1 saturated heterocycles. The minimum atomic E-state index is -1.57. The summed E-state index contributed by atoms with van der Waals surface area (Å²) in [6.45, 7) is 3.80. The lowest BCUT2D eigenvalue weighted by molar-refractivity contribution is -0.302. The molecule has 7 unspecified atom stereocenters. The standard InChI is InChI=1S/C61H117NO8/c1-3-5-7-9-11-13-15-17-19-21-22-23-24-25-26-27-28-29-30-31-32-33-34-35-37-39-41-43-45-47-49-51-57(65)62-54(53-69-61-60(68)59(67)58(66)56(52-63)70-61)55(64)50-48-46-44-42-40-38-36-20-18-16-14-12-10-8-6-4-2/h40,42,48,50,54-56,58-61,63-64,66-68H,3-39,41,43-47,49,51-53H2,1-2H3,(H,62,65)/b42-40+,50-48+. The molecule has 1 aliphatic heterocycles. The molecule has 0 aromatic carbocycles. The molecular weight excluding hydrogens is 875 g/mol. The average Bonchev–Trinajstić information content (AvgIpc) is 3.36. The van der Waals surface area contributed by atoms with Gasteiger partial charge in [0.1, 0.15) is 24.4 Å². The van der Waals surface area contributed by atoms with Gasteiger partial charge in [-0.3, -0.25) is 4.79 Å². The second-order valence-electron chi connectivity index (χ2n) is 21.5. The molecular formula is C61H117NO8. The average molecular weight is 993 g/mol. The summed E-state index contributed by atoms with van der Waals surface area (Å²) in [5.41, 5.74) is 0. The second-order valence-corrected chi connectivity index (χ2v) is 21.5. The number of unbranched alkanes of at least 4 members (excludes halogenated alkanes) is 41. The largest absolute Gasteiger partial charge is 0.394 e. The summed E-state index contributed by atoms with van der Waals surface area (Å²) in [5, 5.41) is 54.5. The number of ether oxygens (including phenoxy) is 2. The fourth-order valence-electron chi connectivity index (χ4n) is 9.94. The van der Waals surface area contributed by atoms with E-state index < -0.39 is 49.5 Å². The van der Waals surface area contributed by atoms with E-state index in [4.69, 9.17) is 9.47 Å². The number of hydrogen-bond donors (Lipinski definition) is 6. The Hall–Kier alpha value is -1.33. The van der Waals surface area contributed by atoms with Crippen LogP contribution in [0.2, 0.25) is 0 Å². The predicted molar refractivity (Wildman–Crippen MR) is 295 cm³/mol. The SMILES string of the molecule is CCCCCCCCCCCC/C=C/CC/C=C/C(O)C(COC1OC(CO)C(O)C(O)C1O)NC(=O)CCCCCCCCCCCCCCCCCCCCCCCCCCCCCCCCC. The van der Waals surface area contributed by atoms with Crippen LogP contribution >= 0.6 is 0 Å². The van der Waals surface area contributed by atoms with E-state index in [0.29, 0.717) is 6.42 Å². The van der Waals surface area contributed by atoms with E-state index in [1.165, 1.54) is 244 Å². The van der Waals surface area contributed by atoms with Crippen molar-refractivity contribution in [3.63, 3.8) is 0 Å². The Morgan fingerprint density at radius 2 is 0.814 bits per heavy atom. The van der Waals surface area contributed by atoms with E-state index in [-0.39, 0.29) is 12.5 Å². The molecule has 1 aliphatic rings. The highest BCUT2D eigenvalue weighted by Gasteiger charge is 2.44. The maximum Gasteiger partial charge on any atom is 0.220 e. The summed E-state index contributed by atoms with van der Waals surface area (Å²) in [6, 6.07) is -0.818. The number of nitrogens with one attached hydrogen (secondary N) is 1. The minimum absolute atomic E-state index is 0.180. The van der Waals surface area contributed by atoms with Crippen LogP contribution in [0.4, 0.5) is 0 Å². The Kier molecular flexibility index (Phi) is 48.7. The Morgan fingerprint density at radius 1 is 0.471 bits per heavy atom. The third-order valence-electron chi connectivity index (χ3n) is 14.8. The van der Waals surface area contributed by atoms with Gasteiger partial charge in [-0.1, -0.05) is 289 Å². The van der Waals surface area contributed by atoms with Gasteiger partial charge in [0.15, 0.2) is 6.29 Å². The lowest BCUT2D eigenvalue weighted by atomic mass is 9.99. The molecule has 0 spiro atoms. The van der Waals surface area contributed by atoms with Crippen LogP contribution in [0.3, 0.4) is 0 Å². The molecule has 0 aromatic rings. The van der Waals surface area contributed by atoms with Crippen LogP contribution in [-0.2, 0) is 14.3 Å². The van der Waals surface area contributed by atoms with Crippen LogP contribution in [0.25, 0.3) is 0 Å². The topological polar surface area (TPSA) is 149 Å². The van der Waals surface area contributed by atoms with Crippen LogP contribution in [0.1, 0.15) is 303 Å². The normalized spacial score (nSPS) is 19.4. The minimum Gasteiger partial charge on any atom is -0.394 e. The smallest absolute Gasteiger partial charge is 0.220 e. The molecule has 0 radical (unpaired) electrons. The first-order chi connectivity index (χ1) is 34.3. The first-order valence-corrected chi connectivity index (χ1v) is 30.6. The number of amides is 1. The van der Waals surface area contributed by atoms with E-state index >= 15 is 0 Å². The first kappa shape index (κ1) is 66.7. The maximum absolute atomic E-state index is 13.1. The zero-order valence-electron chi connectivity index (χ0n) is 46.0. The number of hydrogen-bond acceptors (Lipinski definition) is 8. The Bertz CT molecular complexity index is 1150. The van der Waals surface area contributed by atoms with Crippen LogP contribution in [-0.4, -0.2) is 87.5 Å². The summed E-state index contributed by atoms with van der Waals surface area (Å²) in [6.07, 6.45) is 58.4. The van der Waals surface area contributed by atoms with Crippen LogP contribution in [0, 0.1) is 0 Å². The van der Waals surface area contributed by atoms with Crippen molar-refractivity contribution in [2.24, 2.45) is 0 Å². The van der Waals surface area contributed by atoms with E-state index in [9.17, 15) is 30.3 Å². The summed E-state index contributed by atoms with van der Waals surface area (Å²) in [7, 11) is 0. The van der Waals surface area contributed by atoms with Crippen molar-refractivity contribution in [2.45, 2.75) is 346 Å². The highest BCUT2D eigenvalue weighted by molar-refractivity contribution is 5.76. The highest BCUT2D eigenvalue weighted by atomic mass is 16.7. The molecule has 7 atom stereocenters. The van der Waals surface area contributed by atoms with Crippen molar-refractivity contribution in [3.8, 4) is 0 Å². The third-order valence-corrected chi connectivity index (χ3v) is 14.8. The summed E-state index contributed by atoms with van der Waals surface area (Å²) >= 11 is 0. The van der Waals surface area contributed by atoms with Crippen LogP contribution < -0.4 is 5.32 Å². The third kappa shape index (κ3) is 40.1. The van der Waals surface area contributed by atoms with Crippen molar-refractivity contribution in [3.05, 3.63) is 24.3 Å². The number of carbonyl (C=O) groups excluding carboxylic acids is 1. The number of aliphatic hydroxyl groups excluding tert-OH is 5. The van der Waals surface area contributed by atoms with Gasteiger partial charge in [-0.15, -0.1) is 0 Å². The van der Waals surface area contributed by atoms with E-state index in [2.05, 4.69) is 31.3 Å². The van der Waals surface area contributed by atoms with Crippen molar-refractivity contribution in [1.29, 1.82) is 0 Å². The molecule has 0 saturated carbocycles. The van der Waals surface area contributed by atoms with Gasteiger partial charge >= 0.3 is 0 Å². The Labute approximate surface area is 432 Å². The predicted octanol–water partition coefficient (Wildman–Crippen LogP) is 15.4. The van der Waals surface area contributed by atoms with Gasteiger partial charge in [0.2, 0.25) is 5.91 Å². The van der Waals surface area contributed by atoms with Gasteiger partial charge in [0.05, 0.1) is 25.4 Å². The maximum atomic E-state index is 13.1. The Morgan fingerprint density at radius 3 is 1.20 bits per heavy atom. The van der Waals surface area contributed by atoms with Crippen molar-refractivity contribution >= 4 is 5.91 Å². The van der Waals surface area contributed by atoms with Crippen LogP contribution in [0.15, 0.2) is 24.3 Å². The molecule has 9 heteroatoms. The van der Waals surface area contributed by atoms with Gasteiger partial charge < -0.3 is 40.3 Å². The fraction of sp³-hybridized carbons (Fsp3) is 0.918. The molecule has 70 heavy (non-hydrogen) atoms. The molecule has 9 nitrogen and oxygen atoms in total. The molecule has 1 heterocycles.